The highest BCUT2D eigenvalue weighted by molar-refractivity contribution is 9.11. The molecule has 0 bridgehead atoms. The van der Waals surface area contributed by atoms with Crippen LogP contribution in [0.3, 0.4) is 0 Å². The Morgan fingerprint density at radius 3 is 2.84 bits per heavy atom. The Kier molecular flexibility index (Phi) is 7.00. The molecule has 2 heterocycles. The molecule has 0 fully saturated rings. The van der Waals surface area contributed by atoms with Crippen molar-refractivity contribution in [1.82, 2.24) is 14.9 Å². The van der Waals surface area contributed by atoms with Crippen molar-refractivity contribution in [2.45, 2.75) is 12.6 Å². The van der Waals surface area contributed by atoms with Crippen LogP contribution in [0.4, 0.5) is 4.39 Å². The van der Waals surface area contributed by atoms with Crippen molar-refractivity contribution in [2.75, 3.05) is 21.0 Å². The van der Waals surface area contributed by atoms with E-state index >= 15 is 0 Å². The molecule has 4 aromatic rings. The summed E-state index contributed by atoms with van der Waals surface area (Å²) in [6.45, 7) is 0.481. The first-order chi connectivity index (χ1) is 15.5. The van der Waals surface area contributed by atoms with Crippen LogP contribution in [0.25, 0.3) is 11.0 Å². The molecule has 6 nitrogen and oxygen atoms in total. The fraction of sp³-hybridized carbons (Fsp3) is 0.217. The Labute approximate surface area is 197 Å². The van der Waals surface area contributed by atoms with Crippen LogP contribution >= 0.6 is 27.3 Å². The van der Waals surface area contributed by atoms with Gasteiger partial charge in [-0.15, -0.1) is 11.3 Å². The number of methoxy groups -OCH3 is 1. The van der Waals surface area contributed by atoms with E-state index in [4.69, 9.17) is 14.5 Å². The van der Waals surface area contributed by atoms with E-state index < -0.39 is 6.04 Å². The molecule has 1 unspecified atom stereocenters. The van der Waals surface area contributed by atoms with Crippen molar-refractivity contribution in [3.8, 4) is 5.75 Å². The van der Waals surface area contributed by atoms with Gasteiger partial charge in [-0.05, 0) is 59.4 Å². The molecule has 2 aromatic heterocycles. The number of thiophene rings is 1. The summed E-state index contributed by atoms with van der Waals surface area (Å²) in [5, 5.41) is 0. The number of ether oxygens (including phenoxy) is 2. The number of aromatic nitrogens is 2. The molecule has 2 aromatic carbocycles. The lowest BCUT2D eigenvalue weighted by Crippen LogP contribution is -2.27. The monoisotopic (exact) mass is 517 g/mol. The van der Waals surface area contributed by atoms with Gasteiger partial charge in [0.05, 0.1) is 20.9 Å². The number of hydrogen-bond acceptors (Lipinski definition) is 6. The topological polar surface area (TPSA) is 67.5 Å². The zero-order valence-electron chi connectivity index (χ0n) is 17.5. The summed E-state index contributed by atoms with van der Waals surface area (Å²) in [6.07, 6.45) is 0.843. The normalized spacial score (nSPS) is 12.4. The minimum absolute atomic E-state index is 0.0301. The summed E-state index contributed by atoms with van der Waals surface area (Å²) >= 11 is 4.94. The van der Waals surface area contributed by atoms with Crippen LogP contribution in [0.2, 0.25) is 0 Å². The Morgan fingerprint density at radius 2 is 2.09 bits per heavy atom. The molecule has 0 saturated heterocycles. The van der Waals surface area contributed by atoms with Gasteiger partial charge in [-0.25, -0.2) is 9.37 Å². The second kappa shape index (κ2) is 9.91. The first-order valence-electron chi connectivity index (χ1n) is 9.79. The SMILES string of the molecule is COCOc1ccc(F)cc1C(c1nc2ccccc2[nH]1)N(C)Cc1sc(Br)cc1C=O. The maximum absolute atomic E-state index is 14.4. The summed E-state index contributed by atoms with van der Waals surface area (Å²) in [5.74, 6) is 0.755. The molecule has 0 radical (unpaired) electrons. The number of carbonyl (C=O) groups excluding carboxylic acids is 1. The average Bonchev–Trinajstić information content (AvgIpc) is 3.35. The molecule has 1 N–H and O–H groups in total. The van der Waals surface area contributed by atoms with Gasteiger partial charge in [-0.1, -0.05) is 12.1 Å². The van der Waals surface area contributed by atoms with E-state index in [1.807, 2.05) is 36.2 Å². The van der Waals surface area contributed by atoms with Crippen LogP contribution in [0.15, 0.2) is 52.3 Å². The molecule has 0 saturated carbocycles. The van der Waals surface area contributed by atoms with E-state index in [0.717, 1.165) is 26.0 Å². The van der Waals surface area contributed by atoms with Crippen LogP contribution in [-0.4, -0.2) is 42.1 Å². The van der Waals surface area contributed by atoms with E-state index in [1.165, 1.54) is 30.6 Å². The van der Waals surface area contributed by atoms with Gasteiger partial charge < -0.3 is 14.5 Å². The number of carbonyl (C=O) groups is 1. The predicted molar refractivity (Wildman–Crippen MR) is 126 cm³/mol. The Morgan fingerprint density at radius 1 is 1.28 bits per heavy atom. The summed E-state index contributed by atoms with van der Waals surface area (Å²) in [7, 11) is 3.44. The van der Waals surface area contributed by atoms with Gasteiger partial charge in [0.2, 0.25) is 0 Å². The second-order valence-corrected chi connectivity index (χ2v) is 9.75. The number of benzene rings is 2. The molecule has 1 atom stereocenters. The highest BCUT2D eigenvalue weighted by atomic mass is 79.9. The van der Waals surface area contributed by atoms with Crippen LogP contribution in [-0.2, 0) is 11.3 Å². The van der Waals surface area contributed by atoms with Gasteiger partial charge in [0.1, 0.15) is 17.4 Å². The third-order valence-electron chi connectivity index (χ3n) is 5.04. The summed E-state index contributed by atoms with van der Waals surface area (Å²) in [4.78, 5) is 22.6. The number of H-pyrrole nitrogens is 1. The Balaban J connectivity index is 1.81. The molecule has 32 heavy (non-hydrogen) atoms. The van der Waals surface area contributed by atoms with Gasteiger partial charge in [0.25, 0.3) is 0 Å². The number of nitrogens with one attached hydrogen (secondary N) is 1. The molecule has 0 aliphatic rings. The van der Waals surface area contributed by atoms with Crippen molar-refractivity contribution in [3.63, 3.8) is 0 Å². The number of rotatable bonds is 9. The molecule has 4 rings (SSSR count). The predicted octanol–water partition coefficient (Wildman–Crippen LogP) is 5.54. The lowest BCUT2D eigenvalue weighted by atomic mass is 10.0. The largest absolute Gasteiger partial charge is 0.467 e. The number of halogens is 2. The van der Waals surface area contributed by atoms with Gasteiger partial charge in [0.15, 0.2) is 13.1 Å². The number of aromatic amines is 1. The fourth-order valence-corrected chi connectivity index (χ4v) is 5.38. The zero-order valence-corrected chi connectivity index (χ0v) is 19.9. The van der Waals surface area contributed by atoms with Crippen molar-refractivity contribution < 1.29 is 18.7 Å². The van der Waals surface area contributed by atoms with Crippen molar-refractivity contribution in [1.29, 1.82) is 0 Å². The van der Waals surface area contributed by atoms with Crippen molar-refractivity contribution in [3.05, 3.63) is 80.0 Å². The second-order valence-electron chi connectivity index (χ2n) is 7.24. The molecule has 0 aliphatic carbocycles. The maximum Gasteiger partial charge on any atom is 0.188 e. The summed E-state index contributed by atoms with van der Waals surface area (Å²) in [6, 6.07) is 13.4. The molecular weight excluding hydrogens is 497 g/mol. The smallest absolute Gasteiger partial charge is 0.188 e. The molecule has 166 valence electrons. The first kappa shape index (κ1) is 22.6. The van der Waals surface area contributed by atoms with Gasteiger partial charge in [-0.3, -0.25) is 9.69 Å². The summed E-state index contributed by atoms with van der Waals surface area (Å²) in [5.41, 5.74) is 2.91. The standard InChI is InChI=1S/C23H21BrFN3O3S/c1-28(11-20-14(12-29)9-21(24)32-20)22(23-26-17-5-3-4-6-18(17)27-23)16-10-15(25)7-8-19(16)31-13-30-2/h3-10,12,22H,11,13H2,1-2H3,(H,26,27). The lowest BCUT2D eigenvalue weighted by molar-refractivity contribution is 0.0493. The Hall–Kier alpha value is -2.59. The first-order valence-corrected chi connectivity index (χ1v) is 11.4. The Bertz CT molecular complexity index is 1210. The number of hydrogen-bond donors (Lipinski definition) is 1. The van der Waals surface area contributed by atoms with Crippen molar-refractivity contribution >= 4 is 44.6 Å². The van der Waals surface area contributed by atoms with E-state index in [2.05, 4.69) is 20.9 Å². The third kappa shape index (κ3) is 4.75. The zero-order chi connectivity index (χ0) is 22.7. The van der Waals surface area contributed by atoms with E-state index in [0.29, 0.717) is 29.2 Å². The quantitative estimate of drug-likeness (QED) is 0.233. The van der Waals surface area contributed by atoms with Gasteiger partial charge in [0, 0.05) is 29.7 Å². The van der Waals surface area contributed by atoms with Gasteiger partial charge in [-0.2, -0.15) is 0 Å². The molecule has 0 amide bonds. The number of aldehydes is 1. The molecular formula is C23H21BrFN3O3S. The maximum atomic E-state index is 14.4. The van der Waals surface area contributed by atoms with Crippen LogP contribution in [0, 0.1) is 5.82 Å². The van der Waals surface area contributed by atoms with Crippen LogP contribution in [0.5, 0.6) is 5.75 Å². The third-order valence-corrected chi connectivity index (χ3v) is 6.68. The number of nitrogens with zero attached hydrogens (tertiary/aromatic N) is 2. The van der Waals surface area contributed by atoms with E-state index in [9.17, 15) is 9.18 Å². The molecule has 0 spiro atoms. The molecule has 0 aliphatic heterocycles. The van der Waals surface area contributed by atoms with Crippen molar-refractivity contribution in [2.24, 2.45) is 0 Å². The lowest BCUT2D eigenvalue weighted by Gasteiger charge is -2.28. The van der Waals surface area contributed by atoms with E-state index in [1.54, 1.807) is 12.1 Å². The molecule has 9 heteroatoms. The fourth-order valence-electron chi connectivity index (χ4n) is 3.63. The van der Waals surface area contributed by atoms with E-state index in [-0.39, 0.29) is 12.6 Å². The number of fused-ring (bicyclic) bond motifs is 1. The minimum Gasteiger partial charge on any atom is -0.467 e. The van der Waals surface area contributed by atoms with Gasteiger partial charge >= 0.3 is 0 Å². The minimum atomic E-state index is -0.467. The van der Waals surface area contributed by atoms with Crippen LogP contribution < -0.4 is 4.74 Å². The highest BCUT2D eigenvalue weighted by Gasteiger charge is 2.28. The highest BCUT2D eigenvalue weighted by Crippen LogP contribution is 2.37. The average molecular weight is 518 g/mol. The summed E-state index contributed by atoms with van der Waals surface area (Å²) < 4.78 is 26.1. The number of para-hydroxylation sites is 2. The number of imidazole rings is 1. The van der Waals surface area contributed by atoms with Crippen LogP contribution in [0.1, 0.15) is 32.7 Å².